The van der Waals surface area contributed by atoms with Gasteiger partial charge in [0.15, 0.2) is 0 Å². The highest BCUT2D eigenvalue weighted by molar-refractivity contribution is 7.13. The van der Waals surface area contributed by atoms with Gasteiger partial charge in [0.05, 0.1) is 15.8 Å². The van der Waals surface area contributed by atoms with E-state index in [0.717, 1.165) is 36.7 Å². The number of piperazine rings is 1. The smallest absolute Gasteiger partial charge is 0.269 e. The predicted octanol–water partition coefficient (Wildman–Crippen LogP) is 3.59. The maximum absolute atomic E-state index is 10.8. The molecule has 1 unspecified atom stereocenters. The van der Waals surface area contributed by atoms with E-state index in [-0.39, 0.29) is 16.7 Å². The molecule has 0 bridgehead atoms. The first kappa shape index (κ1) is 17.6. The largest absolute Gasteiger partial charge is 0.418 e. The lowest BCUT2D eigenvalue weighted by atomic mass is 10.2. The van der Waals surface area contributed by atoms with Crippen molar-refractivity contribution in [1.29, 1.82) is 0 Å². The minimum absolute atomic E-state index is 0.0465. The highest BCUT2D eigenvalue weighted by atomic mass is 32.1. The number of anilines is 1. The van der Waals surface area contributed by atoms with Crippen LogP contribution in [0.2, 0.25) is 0 Å². The summed E-state index contributed by atoms with van der Waals surface area (Å²) in [5, 5.41) is 21.2. The van der Waals surface area contributed by atoms with Crippen LogP contribution in [-0.2, 0) is 0 Å². The summed E-state index contributed by atoms with van der Waals surface area (Å²) in [7, 11) is 0. The second kappa shape index (κ2) is 7.45. The molecule has 0 amide bonds. The van der Waals surface area contributed by atoms with E-state index in [9.17, 15) is 10.1 Å². The van der Waals surface area contributed by atoms with Crippen molar-refractivity contribution < 1.29 is 9.34 Å². The Morgan fingerprint density at radius 1 is 1.15 bits per heavy atom. The van der Waals surface area contributed by atoms with Crippen LogP contribution < -0.4 is 4.90 Å². The molecule has 8 nitrogen and oxygen atoms in total. The van der Waals surface area contributed by atoms with Crippen molar-refractivity contribution in [3.05, 3.63) is 57.8 Å². The average Bonchev–Trinajstić information content (AvgIpc) is 3.39. The minimum Gasteiger partial charge on any atom is -0.418 e. The summed E-state index contributed by atoms with van der Waals surface area (Å²) in [5.41, 5.74) is 1.12. The standard InChI is InChI=1S/C18H19N5O3S/c1-13(17-19-20-18(26-17)16-3-2-12-27-16)21-8-10-22(11-9-21)14-4-6-15(7-5-14)23(24)25/h2-7,12-13H,8-11H2,1H3. The summed E-state index contributed by atoms with van der Waals surface area (Å²) < 4.78 is 5.86. The number of rotatable bonds is 5. The summed E-state index contributed by atoms with van der Waals surface area (Å²) in [6.45, 7) is 5.47. The van der Waals surface area contributed by atoms with E-state index >= 15 is 0 Å². The number of nitrogens with zero attached hydrogens (tertiary/aromatic N) is 5. The zero-order valence-corrected chi connectivity index (χ0v) is 15.6. The summed E-state index contributed by atoms with van der Waals surface area (Å²) in [6, 6.07) is 10.7. The molecule has 27 heavy (non-hydrogen) atoms. The zero-order chi connectivity index (χ0) is 18.8. The Bertz CT molecular complexity index is 901. The third-order valence-electron chi connectivity index (χ3n) is 4.82. The fourth-order valence-electron chi connectivity index (χ4n) is 3.21. The van der Waals surface area contributed by atoms with Gasteiger partial charge in [0, 0.05) is 44.0 Å². The number of nitro groups is 1. The molecular formula is C18H19N5O3S. The summed E-state index contributed by atoms with van der Waals surface area (Å²) in [4.78, 5) is 15.9. The quantitative estimate of drug-likeness (QED) is 0.490. The fourth-order valence-corrected chi connectivity index (χ4v) is 3.86. The topological polar surface area (TPSA) is 88.5 Å². The zero-order valence-electron chi connectivity index (χ0n) is 14.8. The van der Waals surface area contributed by atoms with E-state index in [2.05, 4.69) is 26.9 Å². The molecule has 9 heteroatoms. The Balaban J connectivity index is 1.38. The van der Waals surface area contributed by atoms with Crippen molar-refractivity contribution in [3.8, 4) is 10.8 Å². The van der Waals surface area contributed by atoms with Gasteiger partial charge in [0.1, 0.15) is 0 Å². The fraction of sp³-hybridized carbons (Fsp3) is 0.333. The van der Waals surface area contributed by atoms with Gasteiger partial charge in [-0.3, -0.25) is 15.0 Å². The first-order valence-electron chi connectivity index (χ1n) is 8.72. The van der Waals surface area contributed by atoms with Gasteiger partial charge in [-0.2, -0.15) is 0 Å². The second-order valence-corrected chi connectivity index (χ2v) is 7.34. The minimum atomic E-state index is -0.377. The molecule has 1 aromatic carbocycles. The van der Waals surface area contributed by atoms with Crippen LogP contribution in [0.1, 0.15) is 18.9 Å². The average molecular weight is 385 g/mol. The van der Waals surface area contributed by atoms with E-state index in [1.165, 1.54) is 0 Å². The molecule has 1 aliphatic heterocycles. The highest BCUT2D eigenvalue weighted by Gasteiger charge is 2.26. The first-order chi connectivity index (χ1) is 13.1. The van der Waals surface area contributed by atoms with Crippen molar-refractivity contribution >= 4 is 22.7 Å². The second-order valence-electron chi connectivity index (χ2n) is 6.40. The van der Waals surface area contributed by atoms with Crippen LogP contribution in [0.25, 0.3) is 10.8 Å². The number of thiophene rings is 1. The van der Waals surface area contributed by atoms with Gasteiger partial charge < -0.3 is 9.32 Å². The van der Waals surface area contributed by atoms with E-state index < -0.39 is 0 Å². The molecule has 1 atom stereocenters. The highest BCUT2D eigenvalue weighted by Crippen LogP contribution is 2.28. The molecule has 140 valence electrons. The lowest BCUT2D eigenvalue weighted by Gasteiger charge is -2.38. The molecule has 0 aliphatic carbocycles. The Morgan fingerprint density at radius 3 is 2.52 bits per heavy atom. The lowest BCUT2D eigenvalue weighted by Crippen LogP contribution is -2.47. The molecule has 0 spiro atoms. The van der Waals surface area contributed by atoms with E-state index in [1.54, 1.807) is 23.5 Å². The Kier molecular flexibility index (Phi) is 4.87. The number of hydrogen-bond acceptors (Lipinski definition) is 8. The van der Waals surface area contributed by atoms with E-state index in [0.29, 0.717) is 11.8 Å². The molecule has 0 radical (unpaired) electrons. The third kappa shape index (κ3) is 3.69. The molecule has 1 fully saturated rings. The van der Waals surface area contributed by atoms with Crippen LogP contribution in [0.5, 0.6) is 0 Å². The van der Waals surface area contributed by atoms with Gasteiger partial charge in [0.2, 0.25) is 5.89 Å². The van der Waals surface area contributed by atoms with Crippen LogP contribution >= 0.6 is 11.3 Å². The number of non-ortho nitro benzene ring substituents is 1. The summed E-state index contributed by atoms with van der Waals surface area (Å²) >= 11 is 1.58. The normalized spacial score (nSPS) is 16.4. The van der Waals surface area contributed by atoms with E-state index in [1.807, 2.05) is 29.6 Å². The van der Waals surface area contributed by atoms with Crippen molar-refractivity contribution in [2.24, 2.45) is 0 Å². The molecule has 0 N–H and O–H groups in total. The first-order valence-corrected chi connectivity index (χ1v) is 9.60. The van der Waals surface area contributed by atoms with Gasteiger partial charge in [-0.1, -0.05) is 6.07 Å². The molecule has 2 aromatic heterocycles. The maximum atomic E-state index is 10.8. The van der Waals surface area contributed by atoms with Crippen LogP contribution in [-0.4, -0.2) is 46.2 Å². The van der Waals surface area contributed by atoms with E-state index in [4.69, 9.17) is 4.42 Å². The number of aromatic nitrogens is 2. The Labute approximate surface area is 160 Å². The Morgan fingerprint density at radius 2 is 1.89 bits per heavy atom. The maximum Gasteiger partial charge on any atom is 0.269 e. The summed E-state index contributed by atoms with van der Waals surface area (Å²) in [5.74, 6) is 1.19. The molecule has 3 aromatic rings. The van der Waals surface area contributed by atoms with Crippen molar-refractivity contribution in [1.82, 2.24) is 15.1 Å². The van der Waals surface area contributed by atoms with Gasteiger partial charge >= 0.3 is 0 Å². The van der Waals surface area contributed by atoms with Crippen LogP contribution in [0.3, 0.4) is 0 Å². The van der Waals surface area contributed by atoms with Gasteiger partial charge in [0.25, 0.3) is 11.6 Å². The third-order valence-corrected chi connectivity index (χ3v) is 5.68. The van der Waals surface area contributed by atoms with Crippen LogP contribution in [0.4, 0.5) is 11.4 Å². The monoisotopic (exact) mass is 385 g/mol. The predicted molar refractivity (Wildman–Crippen MR) is 103 cm³/mol. The molecule has 1 aliphatic rings. The van der Waals surface area contributed by atoms with Crippen molar-refractivity contribution in [2.75, 3.05) is 31.1 Å². The van der Waals surface area contributed by atoms with Gasteiger partial charge in [-0.15, -0.1) is 21.5 Å². The van der Waals surface area contributed by atoms with Crippen molar-refractivity contribution in [2.45, 2.75) is 13.0 Å². The van der Waals surface area contributed by atoms with Crippen LogP contribution in [0.15, 0.2) is 46.2 Å². The SMILES string of the molecule is CC(c1nnc(-c2cccs2)o1)N1CCN(c2ccc([N+](=O)[O-])cc2)CC1. The molecular weight excluding hydrogens is 366 g/mol. The lowest BCUT2D eigenvalue weighted by molar-refractivity contribution is -0.384. The number of hydrogen-bond donors (Lipinski definition) is 0. The number of nitro benzene ring substituents is 1. The summed E-state index contributed by atoms with van der Waals surface area (Å²) in [6.07, 6.45) is 0. The molecule has 0 saturated carbocycles. The molecule has 4 rings (SSSR count). The molecule has 1 saturated heterocycles. The Hall–Kier alpha value is -2.78. The van der Waals surface area contributed by atoms with Gasteiger partial charge in [-0.05, 0) is 30.5 Å². The molecule has 3 heterocycles. The van der Waals surface area contributed by atoms with Crippen molar-refractivity contribution in [3.63, 3.8) is 0 Å². The van der Waals surface area contributed by atoms with Crippen LogP contribution in [0, 0.1) is 10.1 Å². The van der Waals surface area contributed by atoms with Gasteiger partial charge in [-0.25, -0.2) is 0 Å². The number of benzene rings is 1.